The van der Waals surface area contributed by atoms with Gasteiger partial charge < -0.3 is 10.6 Å². The fraction of sp³-hybridized carbons (Fsp3) is 0.625. The normalized spacial score (nSPS) is 14.8. The van der Waals surface area contributed by atoms with E-state index in [9.17, 15) is 0 Å². The Morgan fingerprint density at radius 1 is 1.06 bits per heavy atom. The third-order valence-corrected chi connectivity index (χ3v) is 3.93. The van der Waals surface area contributed by atoms with Gasteiger partial charge in [-0.25, -0.2) is 0 Å². The number of nitrogens with one attached hydrogen (secondary N) is 2. The molecule has 1 aromatic rings. The lowest BCUT2D eigenvalue weighted by Crippen LogP contribution is -2.35. The standard InChI is InChI=1S/C16H28N2/c1-11(2)15(10-17-5)16(18-6)14-8-7-12(3)13(4)9-14/h7-9,11,15-18H,10H2,1-6H3. The summed E-state index contributed by atoms with van der Waals surface area (Å²) >= 11 is 0. The molecule has 0 radical (unpaired) electrons. The van der Waals surface area contributed by atoms with Gasteiger partial charge in [0.25, 0.3) is 0 Å². The first-order chi connectivity index (χ1) is 8.51. The Balaban J connectivity index is 3.02. The van der Waals surface area contributed by atoms with Crippen molar-refractivity contribution in [1.82, 2.24) is 10.6 Å². The third-order valence-electron chi connectivity index (χ3n) is 3.93. The lowest BCUT2D eigenvalue weighted by atomic mass is 9.83. The van der Waals surface area contributed by atoms with Crippen LogP contribution in [0.2, 0.25) is 0 Å². The van der Waals surface area contributed by atoms with Gasteiger partial charge in [-0.3, -0.25) is 0 Å². The maximum absolute atomic E-state index is 3.49. The highest BCUT2D eigenvalue weighted by atomic mass is 14.9. The second-order valence-electron chi connectivity index (χ2n) is 5.58. The monoisotopic (exact) mass is 248 g/mol. The maximum atomic E-state index is 3.49. The Kier molecular flexibility index (Phi) is 5.83. The summed E-state index contributed by atoms with van der Waals surface area (Å²) in [5.74, 6) is 1.25. The smallest absolute Gasteiger partial charge is 0.0360 e. The number of rotatable bonds is 6. The molecule has 0 aliphatic heterocycles. The first kappa shape index (κ1) is 15.2. The van der Waals surface area contributed by atoms with Crippen LogP contribution >= 0.6 is 0 Å². The van der Waals surface area contributed by atoms with Crippen LogP contribution in [0.4, 0.5) is 0 Å². The fourth-order valence-corrected chi connectivity index (χ4v) is 2.56. The molecule has 0 aromatic heterocycles. The van der Waals surface area contributed by atoms with E-state index >= 15 is 0 Å². The molecule has 0 spiro atoms. The Morgan fingerprint density at radius 3 is 2.17 bits per heavy atom. The maximum Gasteiger partial charge on any atom is 0.0360 e. The van der Waals surface area contributed by atoms with E-state index in [0.717, 1.165) is 6.54 Å². The quantitative estimate of drug-likeness (QED) is 0.808. The Morgan fingerprint density at radius 2 is 1.72 bits per heavy atom. The Labute approximate surface area is 112 Å². The molecule has 0 saturated heterocycles. The van der Waals surface area contributed by atoms with Crippen molar-refractivity contribution < 1.29 is 0 Å². The van der Waals surface area contributed by atoms with Gasteiger partial charge in [0.15, 0.2) is 0 Å². The topological polar surface area (TPSA) is 24.1 Å². The first-order valence-corrected chi connectivity index (χ1v) is 6.90. The van der Waals surface area contributed by atoms with Crippen molar-refractivity contribution in [3.05, 3.63) is 34.9 Å². The molecule has 2 heteroatoms. The molecule has 1 aromatic carbocycles. The molecule has 0 heterocycles. The Hall–Kier alpha value is -0.860. The molecule has 2 nitrogen and oxygen atoms in total. The highest BCUT2D eigenvalue weighted by Gasteiger charge is 2.24. The molecule has 0 bridgehead atoms. The first-order valence-electron chi connectivity index (χ1n) is 6.90. The van der Waals surface area contributed by atoms with E-state index in [2.05, 4.69) is 63.6 Å². The van der Waals surface area contributed by atoms with Crippen LogP contribution in [0.25, 0.3) is 0 Å². The third kappa shape index (κ3) is 3.56. The van der Waals surface area contributed by atoms with Gasteiger partial charge in [-0.2, -0.15) is 0 Å². The van der Waals surface area contributed by atoms with E-state index < -0.39 is 0 Å². The lowest BCUT2D eigenvalue weighted by molar-refractivity contribution is 0.284. The Bertz CT molecular complexity index is 371. The average Bonchev–Trinajstić information content (AvgIpc) is 2.33. The van der Waals surface area contributed by atoms with Crippen LogP contribution < -0.4 is 10.6 Å². The summed E-state index contributed by atoms with van der Waals surface area (Å²) in [5, 5.41) is 6.81. The second kappa shape index (κ2) is 6.91. The summed E-state index contributed by atoms with van der Waals surface area (Å²) in [4.78, 5) is 0. The second-order valence-corrected chi connectivity index (χ2v) is 5.58. The van der Waals surface area contributed by atoms with Crippen LogP contribution in [-0.2, 0) is 0 Å². The van der Waals surface area contributed by atoms with Gasteiger partial charge >= 0.3 is 0 Å². The highest BCUT2D eigenvalue weighted by molar-refractivity contribution is 5.32. The van der Waals surface area contributed by atoms with Gasteiger partial charge in [0.05, 0.1) is 0 Å². The highest BCUT2D eigenvalue weighted by Crippen LogP contribution is 2.28. The number of benzene rings is 1. The zero-order valence-corrected chi connectivity index (χ0v) is 12.7. The van der Waals surface area contributed by atoms with Crippen molar-refractivity contribution in [3.63, 3.8) is 0 Å². The van der Waals surface area contributed by atoms with E-state index in [1.54, 1.807) is 0 Å². The molecule has 2 atom stereocenters. The molecular weight excluding hydrogens is 220 g/mol. The van der Waals surface area contributed by atoms with Gasteiger partial charge in [-0.05, 0) is 63.0 Å². The van der Waals surface area contributed by atoms with E-state index in [1.165, 1.54) is 16.7 Å². The molecule has 0 aliphatic rings. The SMILES string of the molecule is CNCC(C(C)C)C(NC)c1ccc(C)c(C)c1. The van der Waals surface area contributed by atoms with E-state index in [-0.39, 0.29) is 0 Å². The van der Waals surface area contributed by atoms with Crippen molar-refractivity contribution in [2.45, 2.75) is 33.7 Å². The summed E-state index contributed by atoms with van der Waals surface area (Å²) in [6.45, 7) is 9.99. The molecular formula is C16H28N2. The lowest BCUT2D eigenvalue weighted by Gasteiger charge is -2.30. The van der Waals surface area contributed by atoms with Gasteiger partial charge in [0.2, 0.25) is 0 Å². The average molecular weight is 248 g/mol. The van der Waals surface area contributed by atoms with Crippen LogP contribution in [0.15, 0.2) is 18.2 Å². The van der Waals surface area contributed by atoms with Gasteiger partial charge in [0, 0.05) is 6.04 Å². The van der Waals surface area contributed by atoms with E-state index in [0.29, 0.717) is 17.9 Å². The molecule has 102 valence electrons. The number of aryl methyl sites for hydroxylation is 2. The molecule has 0 saturated carbocycles. The minimum absolute atomic E-state index is 0.414. The zero-order chi connectivity index (χ0) is 13.7. The van der Waals surface area contributed by atoms with Crippen LogP contribution in [0.1, 0.15) is 36.6 Å². The summed E-state index contributed by atoms with van der Waals surface area (Å²) in [5.41, 5.74) is 4.14. The van der Waals surface area contributed by atoms with Crippen molar-refractivity contribution >= 4 is 0 Å². The van der Waals surface area contributed by atoms with Crippen LogP contribution in [-0.4, -0.2) is 20.6 Å². The van der Waals surface area contributed by atoms with E-state index in [4.69, 9.17) is 0 Å². The van der Waals surface area contributed by atoms with Crippen molar-refractivity contribution in [2.75, 3.05) is 20.6 Å². The van der Waals surface area contributed by atoms with Gasteiger partial charge in [0.1, 0.15) is 0 Å². The van der Waals surface area contributed by atoms with Crippen molar-refractivity contribution in [1.29, 1.82) is 0 Å². The number of hydrogen-bond acceptors (Lipinski definition) is 2. The van der Waals surface area contributed by atoms with Gasteiger partial charge in [-0.1, -0.05) is 32.0 Å². The minimum Gasteiger partial charge on any atom is -0.319 e. The molecule has 18 heavy (non-hydrogen) atoms. The summed E-state index contributed by atoms with van der Waals surface area (Å²) in [7, 11) is 4.09. The minimum atomic E-state index is 0.414. The van der Waals surface area contributed by atoms with E-state index in [1.807, 2.05) is 7.05 Å². The predicted molar refractivity (Wildman–Crippen MR) is 80.0 cm³/mol. The van der Waals surface area contributed by atoms with Crippen molar-refractivity contribution in [2.24, 2.45) is 11.8 Å². The molecule has 0 aliphatic carbocycles. The molecule has 2 N–H and O–H groups in total. The van der Waals surface area contributed by atoms with Crippen LogP contribution in [0.3, 0.4) is 0 Å². The number of hydrogen-bond donors (Lipinski definition) is 2. The summed E-state index contributed by atoms with van der Waals surface area (Å²) < 4.78 is 0. The summed E-state index contributed by atoms with van der Waals surface area (Å²) in [6.07, 6.45) is 0. The van der Waals surface area contributed by atoms with Crippen molar-refractivity contribution in [3.8, 4) is 0 Å². The van der Waals surface area contributed by atoms with Gasteiger partial charge in [-0.15, -0.1) is 0 Å². The molecule has 0 fully saturated rings. The van der Waals surface area contributed by atoms with Crippen LogP contribution in [0.5, 0.6) is 0 Å². The zero-order valence-electron chi connectivity index (χ0n) is 12.7. The molecule has 1 rings (SSSR count). The molecule has 0 amide bonds. The summed E-state index contributed by atoms with van der Waals surface area (Å²) in [6, 6.07) is 7.22. The largest absolute Gasteiger partial charge is 0.319 e. The van der Waals surface area contributed by atoms with Crippen LogP contribution in [0, 0.1) is 25.7 Å². The molecule has 2 unspecified atom stereocenters. The fourth-order valence-electron chi connectivity index (χ4n) is 2.56. The predicted octanol–water partition coefficient (Wildman–Crippen LogP) is 3.06.